The Hall–Kier alpha value is -3.08. The van der Waals surface area contributed by atoms with E-state index in [1.165, 1.54) is 0 Å². The molecule has 0 saturated heterocycles. The molecule has 1 aromatic heterocycles. The Kier molecular flexibility index (Phi) is 11.0. The van der Waals surface area contributed by atoms with Gasteiger partial charge in [0, 0.05) is 10.9 Å². The van der Waals surface area contributed by atoms with Gasteiger partial charge in [-0.1, -0.05) is 45.9 Å². The zero-order valence-corrected chi connectivity index (χ0v) is 18.8. The van der Waals surface area contributed by atoms with E-state index in [1.807, 2.05) is 71.0 Å². The fourth-order valence-electron chi connectivity index (χ4n) is 2.89. The number of para-hydroxylation sites is 1. The molecule has 3 rings (SSSR count). The van der Waals surface area contributed by atoms with Gasteiger partial charge in [-0.3, -0.25) is 9.59 Å². The first kappa shape index (κ1) is 25.0. The highest BCUT2D eigenvalue weighted by Gasteiger charge is 2.11. The Morgan fingerprint density at radius 1 is 1.07 bits per heavy atom. The molecule has 30 heavy (non-hydrogen) atoms. The third kappa shape index (κ3) is 6.76. The summed E-state index contributed by atoms with van der Waals surface area (Å²) < 4.78 is 16.4. The topological polar surface area (TPSA) is 65.7 Å². The normalized spacial score (nSPS) is 9.67. The standard InChI is InChI=1S/C21H20O5.2C2H6/c1-3-24-20(23)11-16-6-4-5-7-19(16)25-13-15-8-14(2)21-17(9-15)10-18(12-22)26-21;2*1-2/h4-10,12H,3,11,13H2,1-2H3;2*1-2H3. The first-order valence-electron chi connectivity index (χ1n) is 10.4. The summed E-state index contributed by atoms with van der Waals surface area (Å²) in [6.07, 6.45) is 0.869. The molecule has 0 saturated carbocycles. The van der Waals surface area contributed by atoms with Crippen LogP contribution in [0.2, 0.25) is 0 Å². The highest BCUT2D eigenvalue weighted by Crippen LogP contribution is 2.26. The molecule has 0 spiro atoms. The number of hydrogen-bond acceptors (Lipinski definition) is 5. The molecule has 0 aliphatic carbocycles. The molecule has 0 fully saturated rings. The molecule has 0 amide bonds. The van der Waals surface area contributed by atoms with E-state index < -0.39 is 0 Å². The molecule has 2 aromatic carbocycles. The van der Waals surface area contributed by atoms with Crippen LogP contribution in [0.25, 0.3) is 11.0 Å². The van der Waals surface area contributed by atoms with Crippen molar-refractivity contribution in [1.82, 2.24) is 0 Å². The minimum atomic E-state index is -0.277. The largest absolute Gasteiger partial charge is 0.489 e. The Labute approximate surface area is 179 Å². The summed E-state index contributed by atoms with van der Waals surface area (Å²) in [7, 11) is 0. The van der Waals surface area contributed by atoms with Crippen LogP contribution in [0, 0.1) is 6.92 Å². The Balaban J connectivity index is 0.00000106. The van der Waals surface area contributed by atoms with Crippen LogP contribution in [-0.2, 0) is 22.6 Å². The maximum absolute atomic E-state index is 11.7. The van der Waals surface area contributed by atoms with Crippen LogP contribution < -0.4 is 4.74 Å². The van der Waals surface area contributed by atoms with Gasteiger partial charge in [-0.05, 0) is 49.2 Å². The molecular weight excluding hydrogens is 380 g/mol. The number of ether oxygens (including phenoxy) is 2. The van der Waals surface area contributed by atoms with E-state index in [0.29, 0.717) is 36.6 Å². The van der Waals surface area contributed by atoms with Crippen molar-refractivity contribution in [2.24, 2.45) is 0 Å². The van der Waals surface area contributed by atoms with Gasteiger partial charge in [-0.2, -0.15) is 0 Å². The lowest BCUT2D eigenvalue weighted by Crippen LogP contribution is -2.09. The number of benzene rings is 2. The Morgan fingerprint density at radius 3 is 2.43 bits per heavy atom. The maximum Gasteiger partial charge on any atom is 0.310 e. The summed E-state index contributed by atoms with van der Waals surface area (Å²) in [4.78, 5) is 22.6. The molecule has 3 aromatic rings. The van der Waals surface area contributed by atoms with E-state index >= 15 is 0 Å². The Bertz CT molecular complexity index is 940. The average Bonchev–Trinajstić information content (AvgIpc) is 3.20. The second-order valence-electron chi connectivity index (χ2n) is 5.98. The minimum absolute atomic E-state index is 0.173. The lowest BCUT2D eigenvalue weighted by Gasteiger charge is -2.12. The second-order valence-corrected chi connectivity index (χ2v) is 5.98. The van der Waals surface area contributed by atoms with Crippen LogP contribution in [0.4, 0.5) is 0 Å². The number of carbonyl (C=O) groups excluding carboxylic acids is 2. The van der Waals surface area contributed by atoms with Crippen molar-refractivity contribution in [2.45, 2.75) is 54.6 Å². The highest BCUT2D eigenvalue weighted by molar-refractivity contribution is 5.87. The van der Waals surface area contributed by atoms with E-state index in [-0.39, 0.29) is 12.4 Å². The molecule has 162 valence electrons. The minimum Gasteiger partial charge on any atom is -0.489 e. The van der Waals surface area contributed by atoms with Gasteiger partial charge in [0.1, 0.15) is 17.9 Å². The highest BCUT2D eigenvalue weighted by atomic mass is 16.5. The number of aldehydes is 1. The van der Waals surface area contributed by atoms with Crippen LogP contribution in [0.15, 0.2) is 46.9 Å². The summed E-state index contributed by atoms with van der Waals surface area (Å²) in [5, 5.41) is 0.866. The van der Waals surface area contributed by atoms with Crippen molar-refractivity contribution in [3.63, 3.8) is 0 Å². The van der Waals surface area contributed by atoms with E-state index in [4.69, 9.17) is 13.9 Å². The summed E-state index contributed by atoms with van der Waals surface area (Å²) in [5.41, 5.74) is 3.39. The molecule has 0 bridgehead atoms. The fourth-order valence-corrected chi connectivity index (χ4v) is 2.89. The van der Waals surface area contributed by atoms with Crippen molar-refractivity contribution in [3.8, 4) is 5.75 Å². The van der Waals surface area contributed by atoms with Gasteiger partial charge in [0.2, 0.25) is 0 Å². The molecule has 0 unspecified atom stereocenters. The molecule has 5 heteroatoms. The third-order valence-electron chi connectivity index (χ3n) is 4.00. The molecule has 0 aliphatic rings. The summed E-state index contributed by atoms with van der Waals surface area (Å²) >= 11 is 0. The third-order valence-corrected chi connectivity index (χ3v) is 4.00. The van der Waals surface area contributed by atoms with Crippen molar-refractivity contribution in [2.75, 3.05) is 6.61 Å². The number of aryl methyl sites for hydroxylation is 1. The molecule has 0 radical (unpaired) electrons. The predicted octanol–water partition coefficient (Wildman–Crippen LogP) is 6.29. The number of rotatable bonds is 7. The first-order chi connectivity index (χ1) is 14.6. The van der Waals surface area contributed by atoms with E-state index in [1.54, 1.807) is 13.0 Å². The van der Waals surface area contributed by atoms with Crippen LogP contribution in [0.3, 0.4) is 0 Å². The smallest absolute Gasteiger partial charge is 0.310 e. The predicted molar refractivity (Wildman–Crippen MR) is 120 cm³/mol. The van der Waals surface area contributed by atoms with Crippen molar-refractivity contribution >= 4 is 23.2 Å². The van der Waals surface area contributed by atoms with Crippen molar-refractivity contribution in [1.29, 1.82) is 0 Å². The van der Waals surface area contributed by atoms with E-state index in [9.17, 15) is 9.59 Å². The van der Waals surface area contributed by atoms with Crippen molar-refractivity contribution in [3.05, 3.63) is 64.9 Å². The van der Waals surface area contributed by atoms with E-state index in [0.717, 1.165) is 22.1 Å². The lowest BCUT2D eigenvalue weighted by atomic mass is 10.1. The van der Waals surface area contributed by atoms with Gasteiger partial charge in [-0.25, -0.2) is 0 Å². The van der Waals surface area contributed by atoms with Gasteiger partial charge in [0.05, 0.1) is 13.0 Å². The molecule has 1 heterocycles. The summed E-state index contributed by atoms with van der Waals surface area (Å²) in [5.74, 6) is 0.681. The lowest BCUT2D eigenvalue weighted by molar-refractivity contribution is -0.142. The van der Waals surface area contributed by atoms with Crippen molar-refractivity contribution < 1.29 is 23.5 Å². The SMILES string of the molecule is CC.CC.CCOC(=O)Cc1ccccc1OCc1cc(C)c2oc(C=O)cc2c1. The molecular formula is C25H32O5. The number of esters is 1. The van der Waals surface area contributed by atoms with Crippen LogP contribution in [0.1, 0.15) is 61.9 Å². The number of fused-ring (bicyclic) bond motifs is 1. The van der Waals surface area contributed by atoms with Gasteiger partial charge in [-0.15, -0.1) is 0 Å². The summed E-state index contributed by atoms with van der Waals surface area (Å²) in [6, 6.07) is 13.0. The van der Waals surface area contributed by atoms with Gasteiger partial charge >= 0.3 is 5.97 Å². The monoisotopic (exact) mass is 412 g/mol. The van der Waals surface area contributed by atoms with Gasteiger partial charge in [0.25, 0.3) is 0 Å². The average molecular weight is 413 g/mol. The van der Waals surface area contributed by atoms with Crippen LogP contribution >= 0.6 is 0 Å². The molecule has 0 atom stereocenters. The fraction of sp³-hybridized carbons (Fsp3) is 0.360. The zero-order valence-electron chi connectivity index (χ0n) is 18.8. The quantitative estimate of drug-likeness (QED) is 0.337. The number of hydrogen-bond donors (Lipinski definition) is 0. The molecule has 0 N–H and O–H groups in total. The Morgan fingerprint density at radius 2 is 1.77 bits per heavy atom. The number of carbonyl (C=O) groups is 2. The van der Waals surface area contributed by atoms with E-state index in [2.05, 4.69) is 0 Å². The molecule has 0 aliphatic heterocycles. The van der Waals surface area contributed by atoms with Gasteiger partial charge < -0.3 is 13.9 Å². The number of furan rings is 1. The molecule has 5 nitrogen and oxygen atoms in total. The van der Waals surface area contributed by atoms with Crippen LogP contribution in [0.5, 0.6) is 5.75 Å². The summed E-state index contributed by atoms with van der Waals surface area (Å²) in [6.45, 7) is 12.4. The first-order valence-corrected chi connectivity index (χ1v) is 10.4. The van der Waals surface area contributed by atoms with Gasteiger partial charge in [0.15, 0.2) is 12.0 Å². The van der Waals surface area contributed by atoms with Crippen LogP contribution in [-0.4, -0.2) is 18.9 Å². The maximum atomic E-state index is 11.7. The zero-order chi connectivity index (χ0) is 22.5. The second kappa shape index (κ2) is 13.2.